The van der Waals surface area contributed by atoms with Crippen LogP contribution >= 0.6 is 0 Å². The molecule has 0 saturated heterocycles. The average Bonchev–Trinajstić information content (AvgIpc) is 3.25. The summed E-state index contributed by atoms with van der Waals surface area (Å²) in [5.74, 6) is -0.675. The lowest BCUT2D eigenvalue weighted by Crippen LogP contribution is -2.11. The van der Waals surface area contributed by atoms with E-state index in [9.17, 15) is 9.59 Å². The van der Waals surface area contributed by atoms with Crippen molar-refractivity contribution in [3.8, 4) is 5.69 Å². The number of nitrogens with zero attached hydrogens (tertiary/aromatic N) is 2. The molecule has 0 aliphatic heterocycles. The highest BCUT2D eigenvalue weighted by molar-refractivity contribution is 6.04. The molecule has 2 aromatic heterocycles. The van der Waals surface area contributed by atoms with Crippen molar-refractivity contribution in [2.45, 2.75) is 13.8 Å². The summed E-state index contributed by atoms with van der Waals surface area (Å²) in [6.45, 7) is 3.85. The van der Waals surface area contributed by atoms with E-state index >= 15 is 0 Å². The van der Waals surface area contributed by atoms with Crippen LogP contribution in [0.15, 0.2) is 53.5 Å². The van der Waals surface area contributed by atoms with Gasteiger partial charge in [0, 0.05) is 5.69 Å². The second-order valence-corrected chi connectivity index (χ2v) is 5.29. The number of anilines is 1. The molecule has 0 aliphatic carbocycles. The van der Waals surface area contributed by atoms with Crippen LogP contribution in [-0.2, 0) is 4.74 Å². The number of ether oxygens (including phenoxy) is 1. The van der Waals surface area contributed by atoms with E-state index in [1.54, 1.807) is 42.8 Å². The fraction of sp³-hybridized carbons (Fsp3) is 0.167. The molecule has 25 heavy (non-hydrogen) atoms. The lowest BCUT2D eigenvalue weighted by molar-refractivity contribution is 0.0525. The Kier molecular flexibility index (Phi) is 4.65. The molecule has 128 valence electrons. The molecule has 1 N–H and O–H groups in total. The summed E-state index contributed by atoms with van der Waals surface area (Å²) in [6, 6.07) is 8.76. The van der Waals surface area contributed by atoms with E-state index < -0.39 is 5.97 Å². The van der Waals surface area contributed by atoms with Gasteiger partial charge in [0.05, 0.1) is 36.0 Å². The van der Waals surface area contributed by atoms with Gasteiger partial charge in [-0.3, -0.25) is 4.79 Å². The van der Waals surface area contributed by atoms with Gasteiger partial charge >= 0.3 is 5.97 Å². The van der Waals surface area contributed by atoms with E-state index in [-0.39, 0.29) is 5.91 Å². The van der Waals surface area contributed by atoms with Crippen molar-refractivity contribution in [3.63, 3.8) is 0 Å². The van der Waals surface area contributed by atoms with Crippen LogP contribution in [0, 0.1) is 6.92 Å². The van der Waals surface area contributed by atoms with Gasteiger partial charge in [-0.1, -0.05) is 6.07 Å². The van der Waals surface area contributed by atoms with Crippen LogP contribution in [0.1, 0.15) is 33.3 Å². The number of hydrogen-bond donors (Lipinski definition) is 1. The van der Waals surface area contributed by atoms with Crippen LogP contribution in [0.4, 0.5) is 5.69 Å². The normalized spacial score (nSPS) is 10.5. The average molecular weight is 339 g/mol. The Balaban J connectivity index is 1.85. The Hall–Kier alpha value is -3.35. The van der Waals surface area contributed by atoms with Gasteiger partial charge in [0.2, 0.25) is 0 Å². The summed E-state index contributed by atoms with van der Waals surface area (Å²) in [5, 5.41) is 7.04. The van der Waals surface area contributed by atoms with Crippen LogP contribution < -0.4 is 5.32 Å². The summed E-state index contributed by atoms with van der Waals surface area (Å²) < 4.78 is 11.6. The first-order valence-corrected chi connectivity index (χ1v) is 7.76. The predicted molar refractivity (Wildman–Crippen MR) is 90.9 cm³/mol. The highest BCUT2D eigenvalue weighted by atomic mass is 16.5. The standard InChI is InChI=1S/C18H17N3O4/c1-3-25-18(23)16-10-19-21(12(16)2)15-6-4-5-14(9-15)20-17(22)13-7-8-24-11-13/h4-11H,3H2,1-2H3,(H,20,22). The van der Waals surface area contributed by atoms with E-state index in [4.69, 9.17) is 9.15 Å². The molecule has 7 heteroatoms. The zero-order valence-electron chi connectivity index (χ0n) is 13.9. The number of carbonyl (C=O) groups excluding carboxylic acids is 2. The second-order valence-electron chi connectivity index (χ2n) is 5.29. The Morgan fingerprint density at radius 3 is 2.88 bits per heavy atom. The molecule has 3 aromatic rings. The zero-order valence-corrected chi connectivity index (χ0v) is 13.9. The molecule has 0 atom stereocenters. The van der Waals surface area contributed by atoms with E-state index in [2.05, 4.69) is 10.4 Å². The Morgan fingerprint density at radius 2 is 2.16 bits per heavy atom. The van der Waals surface area contributed by atoms with Crippen molar-refractivity contribution < 1.29 is 18.7 Å². The molecular weight excluding hydrogens is 322 g/mol. The third-order valence-electron chi connectivity index (χ3n) is 3.64. The zero-order chi connectivity index (χ0) is 17.8. The number of nitrogens with one attached hydrogen (secondary N) is 1. The van der Waals surface area contributed by atoms with Crippen LogP contribution in [0.2, 0.25) is 0 Å². The Labute approximate surface area is 144 Å². The van der Waals surface area contributed by atoms with Gasteiger partial charge in [-0.05, 0) is 38.1 Å². The quantitative estimate of drug-likeness (QED) is 0.721. The molecular formula is C18H17N3O4. The molecule has 1 aromatic carbocycles. The maximum atomic E-state index is 12.1. The maximum absolute atomic E-state index is 12.1. The number of aromatic nitrogens is 2. The van der Waals surface area contributed by atoms with Crippen molar-refractivity contribution in [2.24, 2.45) is 0 Å². The molecule has 0 aliphatic rings. The number of furan rings is 1. The molecule has 7 nitrogen and oxygen atoms in total. The summed E-state index contributed by atoms with van der Waals surface area (Å²) in [6.07, 6.45) is 4.29. The monoisotopic (exact) mass is 339 g/mol. The number of hydrogen-bond acceptors (Lipinski definition) is 5. The first-order valence-electron chi connectivity index (χ1n) is 7.76. The third kappa shape index (κ3) is 3.45. The van der Waals surface area contributed by atoms with Gasteiger partial charge in [0.1, 0.15) is 11.8 Å². The Morgan fingerprint density at radius 1 is 1.32 bits per heavy atom. The Bertz CT molecular complexity index is 897. The SMILES string of the molecule is CCOC(=O)c1cnn(-c2cccc(NC(=O)c3ccoc3)c2)c1C. The van der Waals surface area contributed by atoms with Gasteiger partial charge in [-0.25, -0.2) is 9.48 Å². The molecule has 0 bridgehead atoms. The van der Waals surface area contributed by atoms with Crippen molar-refractivity contribution in [1.82, 2.24) is 9.78 Å². The van der Waals surface area contributed by atoms with E-state index in [0.29, 0.717) is 29.1 Å². The minimum Gasteiger partial charge on any atom is -0.472 e. The smallest absolute Gasteiger partial charge is 0.341 e. The van der Waals surface area contributed by atoms with Crippen molar-refractivity contribution in [3.05, 3.63) is 65.9 Å². The lowest BCUT2D eigenvalue weighted by Gasteiger charge is -2.09. The minimum absolute atomic E-state index is 0.268. The predicted octanol–water partition coefficient (Wildman–Crippen LogP) is 3.20. The van der Waals surface area contributed by atoms with Crippen molar-refractivity contribution >= 4 is 17.6 Å². The largest absolute Gasteiger partial charge is 0.472 e. The number of esters is 1. The van der Waals surface area contributed by atoms with Crippen LogP contribution in [0.5, 0.6) is 0 Å². The summed E-state index contributed by atoms with van der Waals surface area (Å²) in [5.41, 5.74) is 2.84. The van der Waals surface area contributed by atoms with E-state index in [1.807, 2.05) is 6.07 Å². The summed E-state index contributed by atoms with van der Waals surface area (Å²) in [7, 11) is 0. The van der Waals surface area contributed by atoms with Gasteiger partial charge in [0.25, 0.3) is 5.91 Å². The van der Waals surface area contributed by atoms with Crippen LogP contribution in [0.25, 0.3) is 5.69 Å². The lowest BCUT2D eigenvalue weighted by atomic mass is 10.2. The second kappa shape index (κ2) is 7.04. The number of amides is 1. The van der Waals surface area contributed by atoms with Gasteiger partial charge < -0.3 is 14.5 Å². The number of benzene rings is 1. The molecule has 3 rings (SSSR count). The van der Waals surface area contributed by atoms with Crippen LogP contribution in [-0.4, -0.2) is 28.3 Å². The molecule has 0 radical (unpaired) electrons. The fourth-order valence-electron chi connectivity index (χ4n) is 2.39. The van der Waals surface area contributed by atoms with Crippen molar-refractivity contribution in [2.75, 3.05) is 11.9 Å². The van der Waals surface area contributed by atoms with E-state index in [0.717, 1.165) is 5.69 Å². The van der Waals surface area contributed by atoms with Crippen LogP contribution in [0.3, 0.4) is 0 Å². The molecule has 0 unspecified atom stereocenters. The molecule has 2 heterocycles. The number of rotatable bonds is 5. The first-order chi connectivity index (χ1) is 12.1. The first kappa shape index (κ1) is 16.5. The van der Waals surface area contributed by atoms with Crippen molar-refractivity contribution in [1.29, 1.82) is 0 Å². The summed E-state index contributed by atoms with van der Waals surface area (Å²) in [4.78, 5) is 24.0. The van der Waals surface area contributed by atoms with Gasteiger partial charge in [-0.2, -0.15) is 5.10 Å². The molecule has 0 spiro atoms. The maximum Gasteiger partial charge on any atom is 0.341 e. The van der Waals surface area contributed by atoms with Gasteiger partial charge in [-0.15, -0.1) is 0 Å². The summed E-state index contributed by atoms with van der Waals surface area (Å²) >= 11 is 0. The fourth-order valence-corrected chi connectivity index (χ4v) is 2.39. The molecule has 1 amide bonds. The molecule has 0 saturated carbocycles. The third-order valence-corrected chi connectivity index (χ3v) is 3.64. The topological polar surface area (TPSA) is 86.4 Å². The number of carbonyl (C=O) groups is 2. The van der Waals surface area contributed by atoms with E-state index in [1.165, 1.54) is 18.7 Å². The van der Waals surface area contributed by atoms with Gasteiger partial charge in [0.15, 0.2) is 0 Å². The molecule has 0 fully saturated rings. The highest BCUT2D eigenvalue weighted by Gasteiger charge is 2.16. The highest BCUT2D eigenvalue weighted by Crippen LogP contribution is 2.19. The minimum atomic E-state index is -0.407.